The molecule has 2 aliphatic carbocycles. The van der Waals surface area contributed by atoms with Crippen LogP contribution in [0.5, 0.6) is 0 Å². The first-order valence-electron chi connectivity index (χ1n) is 11.6. The maximum Gasteiger partial charge on any atom is 0.338 e. The van der Waals surface area contributed by atoms with E-state index in [4.69, 9.17) is 14.2 Å². The number of ether oxygens (including phenoxy) is 3. The molecular weight excluding hydrogens is 404 g/mol. The van der Waals surface area contributed by atoms with Crippen LogP contribution in [0.4, 0.5) is 0 Å². The Morgan fingerprint density at radius 2 is 1.16 bits per heavy atom. The van der Waals surface area contributed by atoms with Crippen LogP contribution >= 0.6 is 0 Å². The van der Waals surface area contributed by atoms with Crippen molar-refractivity contribution in [3.8, 4) is 0 Å². The average Bonchev–Trinajstić information content (AvgIpc) is 3.51. The van der Waals surface area contributed by atoms with Gasteiger partial charge in [-0.25, -0.2) is 9.59 Å². The van der Waals surface area contributed by atoms with E-state index in [2.05, 4.69) is 13.8 Å². The molecule has 0 radical (unpaired) electrons. The molecule has 32 heavy (non-hydrogen) atoms. The molecule has 4 aliphatic rings. The number of rotatable bonds is 4. The van der Waals surface area contributed by atoms with E-state index in [1.165, 1.54) is 0 Å². The normalized spacial score (nSPS) is 40.8. The maximum atomic E-state index is 13.0. The van der Waals surface area contributed by atoms with Crippen LogP contribution in [0.15, 0.2) is 60.7 Å². The van der Waals surface area contributed by atoms with Crippen molar-refractivity contribution in [1.29, 1.82) is 0 Å². The van der Waals surface area contributed by atoms with Gasteiger partial charge in [-0.05, 0) is 57.4 Å². The Morgan fingerprint density at radius 3 is 1.56 bits per heavy atom. The summed E-state index contributed by atoms with van der Waals surface area (Å²) in [7, 11) is 0. The number of esters is 2. The quantitative estimate of drug-likeness (QED) is 0.658. The van der Waals surface area contributed by atoms with E-state index in [9.17, 15) is 9.59 Å². The van der Waals surface area contributed by atoms with Crippen molar-refractivity contribution in [3.05, 3.63) is 71.8 Å². The third-order valence-corrected chi connectivity index (χ3v) is 8.52. The van der Waals surface area contributed by atoms with Gasteiger partial charge in [0, 0.05) is 23.7 Å². The molecule has 2 saturated heterocycles. The van der Waals surface area contributed by atoms with Crippen LogP contribution in [0.2, 0.25) is 0 Å². The minimum Gasteiger partial charge on any atom is -0.455 e. The summed E-state index contributed by atoms with van der Waals surface area (Å²) in [5.74, 6) is 0.205. The number of carbonyl (C=O) groups is 2. The first-order valence-corrected chi connectivity index (χ1v) is 11.6. The van der Waals surface area contributed by atoms with Gasteiger partial charge < -0.3 is 14.2 Å². The highest BCUT2D eigenvalue weighted by Gasteiger charge is 2.75. The molecule has 6 rings (SSSR count). The Kier molecular flexibility index (Phi) is 4.32. The molecule has 2 aliphatic heterocycles. The van der Waals surface area contributed by atoms with Crippen LogP contribution in [0.3, 0.4) is 0 Å². The van der Waals surface area contributed by atoms with Gasteiger partial charge in [-0.1, -0.05) is 36.4 Å². The second-order valence-corrected chi connectivity index (χ2v) is 10.3. The average molecular weight is 433 g/mol. The van der Waals surface area contributed by atoms with E-state index in [1.54, 1.807) is 24.3 Å². The highest BCUT2D eigenvalue weighted by Crippen LogP contribution is 2.71. The topological polar surface area (TPSA) is 61.8 Å². The summed E-state index contributed by atoms with van der Waals surface area (Å²) in [4.78, 5) is 26.0. The molecule has 0 N–H and O–H groups in total. The summed E-state index contributed by atoms with van der Waals surface area (Å²) >= 11 is 0. The Labute approximate surface area is 188 Å². The number of carbonyl (C=O) groups excluding carboxylic acids is 2. The summed E-state index contributed by atoms with van der Waals surface area (Å²) in [6, 6.07) is 18.1. The smallest absolute Gasteiger partial charge is 0.338 e. The SMILES string of the molecule is CC12CCC(C)(O1)C1C3CC(C(OC(=O)c4ccccc4)C3OC(=O)c3ccccc3)C12. The van der Waals surface area contributed by atoms with E-state index in [-0.39, 0.29) is 35.0 Å². The van der Waals surface area contributed by atoms with Gasteiger partial charge in [0.1, 0.15) is 12.2 Å². The minimum absolute atomic E-state index is 0.137. The molecular formula is C27H28O5. The highest BCUT2D eigenvalue weighted by atomic mass is 16.6. The van der Waals surface area contributed by atoms with Crippen molar-refractivity contribution < 1.29 is 23.8 Å². The fourth-order valence-corrected chi connectivity index (χ4v) is 7.41. The monoisotopic (exact) mass is 432 g/mol. The summed E-state index contributed by atoms with van der Waals surface area (Å²) in [5, 5.41) is 0. The number of hydrogen-bond donors (Lipinski definition) is 0. The largest absolute Gasteiger partial charge is 0.455 e. The van der Waals surface area contributed by atoms with E-state index in [1.807, 2.05) is 36.4 Å². The fourth-order valence-electron chi connectivity index (χ4n) is 7.41. The Morgan fingerprint density at radius 1 is 0.750 bits per heavy atom. The molecule has 5 heteroatoms. The lowest BCUT2D eigenvalue weighted by molar-refractivity contribution is -0.0917. The molecule has 4 fully saturated rings. The zero-order valence-electron chi connectivity index (χ0n) is 18.4. The first-order chi connectivity index (χ1) is 15.4. The molecule has 5 nitrogen and oxygen atoms in total. The van der Waals surface area contributed by atoms with E-state index >= 15 is 0 Å². The molecule has 166 valence electrons. The van der Waals surface area contributed by atoms with Crippen molar-refractivity contribution >= 4 is 11.9 Å². The van der Waals surface area contributed by atoms with Crippen molar-refractivity contribution in [1.82, 2.24) is 0 Å². The van der Waals surface area contributed by atoms with Gasteiger partial charge in [-0.3, -0.25) is 0 Å². The van der Waals surface area contributed by atoms with Crippen molar-refractivity contribution in [3.63, 3.8) is 0 Å². The molecule has 2 aromatic carbocycles. The van der Waals surface area contributed by atoms with E-state index in [0.29, 0.717) is 23.0 Å². The van der Waals surface area contributed by atoms with Crippen molar-refractivity contribution in [2.24, 2.45) is 23.7 Å². The third kappa shape index (κ3) is 2.80. The molecule has 0 amide bonds. The Balaban J connectivity index is 1.32. The zero-order chi connectivity index (χ0) is 22.1. The van der Waals surface area contributed by atoms with Gasteiger partial charge in [-0.2, -0.15) is 0 Å². The second-order valence-electron chi connectivity index (χ2n) is 10.3. The van der Waals surface area contributed by atoms with Gasteiger partial charge >= 0.3 is 11.9 Å². The van der Waals surface area contributed by atoms with Crippen LogP contribution in [0, 0.1) is 23.7 Å². The number of fused-ring (bicyclic) bond motifs is 9. The predicted molar refractivity (Wildman–Crippen MR) is 117 cm³/mol. The highest BCUT2D eigenvalue weighted by molar-refractivity contribution is 5.90. The summed E-state index contributed by atoms with van der Waals surface area (Å²) in [6.45, 7) is 4.43. The standard InChI is InChI=1S/C27H28O5/c1-26-13-14-27(2,32-26)21-19-15-18(20(21)26)22(30-24(28)16-9-5-3-6-10-16)23(19)31-25(29)17-11-7-4-8-12-17/h3-12,18-23H,13-15H2,1-2H3. The lowest BCUT2D eigenvalue weighted by Crippen LogP contribution is -2.53. The summed E-state index contributed by atoms with van der Waals surface area (Å²) < 4.78 is 18.8. The van der Waals surface area contributed by atoms with Crippen LogP contribution in [-0.2, 0) is 14.2 Å². The molecule has 8 atom stereocenters. The van der Waals surface area contributed by atoms with Crippen molar-refractivity contribution in [2.45, 2.75) is 56.5 Å². The Hall–Kier alpha value is -2.66. The zero-order valence-corrected chi connectivity index (χ0v) is 18.4. The maximum absolute atomic E-state index is 13.0. The Bertz CT molecular complexity index is 969. The number of benzene rings is 2. The fraction of sp³-hybridized carbons (Fsp3) is 0.481. The molecule has 2 saturated carbocycles. The lowest BCUT2D eigenvalue weighted by Gasteiger charge is -2.44. The van der Waals surface area contributed by atoms with Gasteiger partial charge in [-0.15, -0.1) is 0 Å². The third-order valence-electron chi connectivity index (χ3n) is 8.52. The molecule has 4 bridgehead atoms. The predicted octanol–water partition coefficient (Wildman–Crippen LogP) is 4.66. The summed E-state index contributed by atoms with van der Waals surface area (Å²) in [5.41, 5.74) is 0.652. The number of hydrogen-bond acceptors (Lipinski definition) is 5. The van der Waals surface area contributed by atoms with Crippen LogP contribution < -0.4 is 0 Å². The van der Waals surface area contributed by atoms with Crippen molar-refractivity contribution in [2.75, 3.05) is 0 Å². The van der Waals surface area contributed by atoms with Gasteiger partial charge in [0.25, 0.3) is 0 Å². The molecule has 0 aromatic heterocycles. The molecule has 8 unspecified atom stereocenters. The van der Waals surface area contributed by atoms with Crippen LogP contribution in [0.1, 0.15) is 53.8 Å². The lowest BCUT2D eigenvalue weighted by atomic mass is 9.61. The van der Waals surface area contributed by atoms with Gasteiger partial charge in [0.2, 0.25) is 0 Å². The van der Waals surface area contributed by atoms with E-state index < -0.39 is 12.2 Å². The van der Waals surface area contributed by atoms with E-state index in [0.717, 1.165) is 19.3 Å². The van der Waals surface area contributed by atoms with Crippen LogP contribution in [-0.4, -0.2) is 35.3 Å². The second kappa shape index (κ2) is 6.92. The summed E-state index contributed by atoms with van der Waals surface area (Å²) in [6.07, 6.45) is 2.06. The van der Waals surface area contributed by atoms with Gasteiger partial charge in [0.05, 0.1) is 22.3 Å². The van der Waals surface area contributed by atoms with Crippen LogP contribution in [0.25, 0.3) is 0 Å². The first kappa shape index (κ1) is 20.0. The molecule has 2 heterocycles. The van der Waals surface area contributed by atoms with Gasteiger partial charge in [0.15, 0.2) is 0 Å². The molecule has 2 aromatic rings. The molecule has 0 spiro atoms. The minimum atomic E-state index is -0.454.